The molecule has 2 atom stereocenters. The number of rotatable bonds is 6. The van der Waals surface area contributed by atoms with E-state index in [4.69, 9.17) is 16.3 Å². The first kappa shape index (κ1) is 15.5. The number of esters is 1. The molecule has 1 aromatic carbocycles. The maximum atomic E-state index is 12.1. The van der Waals surface area contributed by atoms with Crippen molar-refractivity contribution in [1.29, 1.82) is 0 Å². The fraction of sp³-hybridized carbons (Fsp3) is 0.400. The average Bonchev–Trinajstić information content (AvgIpc) is 2.99. The zero-order valence-electron chi connectivity index (χ0n) is 12.1. The zero-order valence-corrected chi connectivity index (χ0v) is 12.8. The number of carbonyl (C=O) groups excluding carboxylic acids is 1. The van der Waals surface area contributed by atoms with Gasteiger partial charge in [-0.2, -0.15) is 5.10 Å². The lowest BCUT2D eigenvalue weighted by atomic mass is 10.1. The van der Waals surface area contributed by atoms with Crippen LogP contribution >= 0.6 is 11.6 Å². The molecule has 0 N–H and O–H groups in total. The number of ether oxygens (including phenoxy) is 1. The van der Waals surface area contributed by atoms with Crippen LogP contribution in [0.5, 0.6) is 0 Å². The molecule has 0 fully saturated rings. The Hall–Kier alpha value is -1.88. The van der Waals surface area contributed by atoms with Gasteiger partial charge in [-0.1, -0.05) is 37.6 Å². The molecule has 0 saturated heterocycles. The molecule has 1 heterocycles. The molecule has 2 rings (SSSR count). The van der Waals surface area contributed by atoms with Crippen LogP contribution in [-0.2, 0) is 16.1 Å². The van der Waals surface area contributed by atoms with Gasteiger partial charge in [0.2, 0.25) is 0 Å². The molecule has 0 bridgehead atoms. The Morgan fingerprint density at radius 3 is 2.67 bits per heavy atom. The predicted octanol–water partition coefficient (Wildman–Crippen LogP) is 3.26. The monoisotopic (exact) mass is 307 g/mol. The van der Waals surface area contributed by atoms with Crippen molar-refractivity contribution in [1.82, 2.24) is 14.8 Å². The molecule has 0 saturated carbocycles. The molecule has 0 aliphatic rings. The lowest BCUT2D eigenvalue weighted by Crippen LogP contribution is -2.21. The van der Waals surface area contributed by atoms with Gasteiger partial charge >= 0.3 is 5.97 Å². The summed E-state index contributed by atoms with van der Waals surface area (Å²) in [4.78, 5) is 16.0. The Morgan fingerprint density at radius 2 is 2.10 bits per heavy atom. The van der Waals surface area contributed by atoms with E-state index in [1.807, 2.05) is 26.0 Å². The minimum Gasteiger partial charge on any atom is -0.455 e. The normalized spacial score (nSPS) is 13.7. The van der Waals surface area contributed by atoms with Crippen molar-refractivity contribution in [3.05, 3.63) is 47.5 Å². The van der Waals surface area contributed by atoms with Crippen molar-refractivity contribution in [2.75, 3.05) is 0 Å². The van der Waals surface area contributed by atoms with E-state index in [0.717, 1.165) is 12.0 Å². The molecule has 1 aromatic heterocycles. The Morgan fingerprint density at radius 1 is 1.38 bits per heavy atom. The highest BCUT2D eigenvalue weighted by molar-refractivity contribution is 6.30. The van der Waals surface area contributed by atoms with Gasteiger partial charge in [0, 0.05) is 5.02 Å². The van der Waals surface area contributed by atoms with Crippen LogP contribution in [0.15, 0.2) is 36.9 Å². The van der Waals surface area contributed by atoms with Gasteiger partial charge in [-0.25, -0.2) is 9.67 Å². The van der Waals surface area contributed by atoms with Crippen molar-refractivity contribution < 1.29 is 9.53 Å². The van der Waals surface area contributed by atoms with Gasteiger partial charge in [0.1, 0.15) is 18.8 Å². The van der Waals surface area contributed by atoms with E-state index in [1.54, 1.807) is 23.1 Å². The van der Waals surface area contributed by atoms with Gasteiger partial charge in [-0.05, 0) is 24.1 Å². The summed E-state index contributed by atoms with van der Waals surface area (Å²) in [7, 11) is 0. The maximum Gasteiger partial charge on any atom is 0.309 e. The summed E-state index contributed by atoms with van der Waals surface area (Å²) in [5.41, 5.74) is 0.881. The summed E-state index contributed by atoms with van der Waals surface area (Å²) in [6.07, 6.45) is 3.38. The lowest BCUT2D eigenvalue weighted by molar-refractivity contribution is -0.154. The van der Waals surface area contributed by atoms with Crippen molar-refractivity contribution in [3.63, 3.8) is 0 Å². The molecule has 0 amide bonds. The molecule has 112 valence electrons. The number of hydrogen-bond acceptors (Lipinski definition) is 4. The molecule has 2 aromatic rings. The van der Waals surface area contributed by atoms with E-state index in [-0.39, 0.29) is 11.9 Å². The number of aromatic nitrogens is 3. The maximum absolute atomic E-state index is 12.1. The number of benzene rings is 1. The second kappa shape index (κ2) is 7.22. The fourth-order valence-corrected chi connectivity index (χ4v) is 1.93. The third-order valence-corrected chi connectivity index (χ3v) is 3.59. The number of halogens is 1. The highest BCUT2D eigenvalue weighted by Crippen LogP contribution is 2.23. The van der Waals surface area contributed by atoms with E-state index in [9.17, 15) is 4.79 Å². The van der Waals surface area contributed by atoms with Gasteiger partial charge in [-0.3, -0.25) is 4.79 Å². The lowest BCUT2D eigenvalue weighted by Gasteiger charge is -2.20. The van der Waals surface area contributed by atoms with Gasteiger partial charge in [0.25, 0.3) is 0 Å². The van der Waals surface area contributed by atoms with E-state index in [0.29, 0.717) is 11.6 Å². The van der Waals surface area contributed by atoms with Crippen LogP contribution in [0.4, 0.5) is 0 Å². The number of carbonyl (C=O) groups is 1. The third-order valence-electron chi connectivity index (χ3n) is 3.33. The molecule has 2 unspecified atom stereocenters. The van der Waals surface area contributed by atoms with Crippen LogP contribution in [0, 0.1) is 5.92 Å². The van der Waals surface area contributed by atoms with Crippen molar-refractivity contribution in [2.45, 2.75) is 32.9 Å². The zero-order chi connectivity index (χ0) is 15.2. The highest BCUT2D eigenvalue weighted by Gasteiger charge is 2.21. The molecule has 0 aliphatic heterocycles. The molecular weight excluding hydrogens is 290 g/mol. The fourth-order valence-electron chi connectivity index (χ4n) is 1.81. The van der Waals surface area contributed by atoms with Gasteiger partial charge < -0.3 is 4.74 Å². The van der Waals surface area contributed by atoms with E-state index in [2.05, 4.69) is 10.1 Å². The van der Waals surface area contributed by atoms with Crippen LogP contribution in [0.2, 0.25) is 5.02 Å². The summed E-state index contributed by atoms with van der Waals surface area (Å²) < 4.78 is 7.27. The summed E-state index contributed by atoms with van der Waals surface area (Å²) >= 11 is 5.90. The van der Waals surface area contributed by atoms with E-state index in [1.165, 1.54) is 6.33 Å². The predicted molar refractivity (Wildman–Crippen MR) is 79.8 cm³/mol. The molecular formula is C15H18ClN3O2. The van der Waals surface area contributed by atoms with Crippen molar-refractivity contribution in [3.8, 4) is 0 Å². The second-order valence-corrected chi connectivity index (χ2v) is 5.34. The second-order valence-electron chi connectivity index (χ2n) is 4.90. The number of hydrogen-bond donors (Lipinski definition) is 0. The number of nitrogens with zero attached hydrogens (tertiary/aromatic N) is 3. The smallest absolute Gasteiger partial charge is 0.309 e. The summed E-state index contributed by atoms with van der Waals surface area (Å²) in [5, 5.41) is 4.70. The molecule has 0 spiro atoms. The quantitative estimate of drug-likeness (QED) is 0.769. The largest absolute Gasteiger partial charge is 0.455 e. The van der Waals surface area contributed by atoms with Crippen LogP contribution in [0.3, 0.4) is 0 Å². The summed E-state index contributed by atoms with van der Waals surface area (Å²) in [5.74, 6) is -0.340. The van der Waals surface area contributed by atoms with E-state index < -0.39 is 6.10 Å². The van der Waals surface area contributed by atoms with Gasteiger partial charge in [-0.15, -0.1) is 0 Å². The van der Waals surface area contributed by atoms with Crippen LogP contribution in [0.1, 0.15) is 31.9 Å². The molecule has 6 heteroatoms. The van der Waals surface area contributed by atoms with Crippen molar-refractivity contribution in [2.24, 2.45) is 5.92 Å². The minimum atomic E-state index is -0.412. The summed E-state index contributed by atoms with van der Waals surface area (Å²) in [6, 6.07) is 7.27. The standard InChI is InChI=1S/C15H18ClN3O2/c1-3-11(2)15(20)21-14(8-19-10-17-9-18-19)12-4-6-13(16)7-5-12/h4-7,9-11,14H,3,8H2,1-2H3. The summed E-state index contributed by atoms with van der Waals surface area (Å²) in [6.45, 7) is 4.24. The Balaban J connectivity index is 2.17. The third kappa shape index (κ3) is 4.29. The van der Waals surface area contributed by atoms with Gasteiger partial charge in [0.05, 0.1) is 12.5 Å². The van der Waals surface area contributed by atoms with Crippen LogP contribution < -0.4 is 0 Å². The van der Waals surface area contributed by atoms with Crippen LogP contribution in [0.25, 0.3) is 0 Å². The van der Waals surface area contributed by atoms with Crippen molar-refractivity contribution >= 4 is 17.6 Å². The Bertz CT molecular complexity index is 569. The molecule has 5 nitrogen and oxygen atoms in total. The molecule has 0 aliphatic carbocycles. The Labute approximate surface area is 128 Å². The molecule has 21 heavy (non-hydrogen) atoms. The first-order chi connectivity index (χ1) is 10.1. The SMILES string of the molecule is CCC(C)C(=O)OC(Cn1cncn1)c1ccc(Cl)cc1. The Kier molecular flexibility index (Phi) is 5.33. The molecule has 0 radical (unpaired) electrons. The minimum absolute atomic E-state index is 0.129. The van der Waals surface area contributed by atoms with Crippen LogP contribution in [-0.4, -0.2) is 20.7 Å². The topological polar surface area (TPSA) is 57.0 Å². The first-order valence-corrected chi connectivity index (χ1v) is 7.26. The first-order valence-electron chi connectivity index (χ1n) is 6.88. The van der Waals surface area contributed by atoms with E-state index >= 15 is 0 Å². The highest BCUT2D eigenvalue weighted by atomic mass is 35.5. The van der Waals surface area contributed by atoms with Gasteiger partial charge in [0.15, 0.2) is 0 Å². The average molecular weight is 308 g/mol.